The van der Waals surface area contributed by atoms with Gasteiger partial charge in [0.15, 0.2) is 17.1 Å². The van der Waals surface area contributed by atoms with Crippen LogP contribution in [0.3, 0.4) is 0 Å². The lowest BCUT2D eigenvalue weighted by Gasteiger charge is -2.07. The smallest absolute Gasteiger partial charge is 0.258 e. The van der Waals surface area contributed by atoms with Gasteiger partial charge in [-0.25, -0.2) is 0 Å². The molecule has 0 aliphatic heterocycles. The third-order valence-corrected chi connectivity index (χ3v) is 3.61. The molecule has 3 aromatic heterocycles. The zero-order chi connectivity index (χ0) is 16.5. The van der Waals surface area contributed by atoms with Crippen LogP contribution in [0.25, 0.3) is 28.5 Å². The maximum atomic E-state index is 5.37. The molecule has 0 spiro atoms. The molecule has 3 heterocycles. The number of benzene rings is 1. The normalized spacial score (nSPS) is 10.9. The molecule has 0 aliphatic carbocycles. The summed E-state index contributed by atoms with van der Waals surface area (Å²) >= 11 is 0. The summed E-state index contributed by atoms with van der Waals surface area (Å²) in [6.07, 6.45) is 3.47. The predicted molar refractivity (Wildman–Crippen MR) is 84.8 cm³/mol. The first-order valence-electron chi connectivity index (χ1n) is 7.14. The number of fused-ring (bicyclic) bond motifs is 1. The molecule has 4 aromatic rings. The molecule has 8 nitrogen and oxygen atoms in total. The summed E-state index contributed by atoms with van der Waals surface area (Å²) in [6, 6.07) is 9.13. The van der Waals surface area contributed by atoms with Gasteiger partial charge in [-0.1, -0.05) is 5.16 Å². The third-order valence-electron chi connectivity index (χ3n) is 3.61. The molecule has 0 fully saturated rings. The van der Waals surface area contributed by atoms with Crippen molar-refractivity contribution >= 4 is 5.65 Å². The van der Waals surface area contributed by atoms with E-state index in [2.05, 4.69) is 20.3 Å². The van der Waals surface area contributed by atoms with Gasteiger partial charge in [-0.2, -0.15) is 4.98 Å². The summed E-state index contributed by atoms with van der Waals surface area (Å²) < 4.78 is 17.7. The van der Waals surface area contributed by atoms with E-state index in [0.29, 0.717) is 23.2 Å². The minimum Gasteiger partial charge on any atom is -0.493 e. The Bertz CT molecular complexity index is 1010. The average Bonchev–Trinajstić information content (AvgIpc) is 3.29. The quantitative estimate of drug-likeness (QED) is 0.570. The first kappa shape index (κ1) is 14.2. The van der Waals surface area contributed by atoms with Crippen LogP contribution in [-0.2, 0) is 0 Å². The second kappa shape index (κ2) is 5.65. The third kappa shape index (κ3) is 2.34. The van der Waals surface area contributed by atoms with Crippen molar-refractivity contribution in [1.29, 1.82) is 0 Å². The van der Waals surface area contributed by atoms with Crippen molar-refractivity contribution in [2.75, 3.05) is 14.2 Å². The highest BCUT2D eigenvalue weighted by Gasteiger charge is 2.14. The van der Waals surface area contributed by atoms with Gasteiger partial charge in [0, 0.05) is 17.3 Å². The van der Waals surface area contributed by atoms with Crippen molar-refractivity contribution in [3.8, 4) is 34.3 Å². The van der Waals surface area contributed by atoms with Gasteiger partial charge in [-0.05, 0) is 30.3 Å². The Kier molecular flexibility index (Phi) is 3.34. The minimum absolute atomic E-state index is 0.398. The van der Waals surface area contributed by atoms with Gasteiger partial charge in [-0.3, -0.25) is 4.40 Å². The van der Waals surface area contributed by atoms with E-state index in [0.717, 1.165) is 16.8 Å². The van der Waals surface area contributed by atoms with Crippen LogP contribution in [0.5, 0.6) is 11.5 Å². The molecule has 0 atom stereocenters. The van der Waals surface area contributed by atoms with Crippen molar-refractivity contribution in [3.63, 3.8) is 0 Å². The van der Waals surface area contributed by atoms with Crippen LogP contribution in [0.4, 0.5) is 0 Å². The molecule has 0 N–H and O–H groups in total. The van der Waals surface area contributed by atoms with E-state index in [1.165, 1.54) is 0 Å². The summed E-state index contributed by atoms with van der Waals surface area (Å²) in [5.74, 6) is 2.12. The number of methoxy groups -OCH3 is 2. The summed E-state index contributed by atoms with van der Waals surface area (Å²) in [5.41, 5.74) is 2.30. The predicted octanol–water partition coefficient (Wildman–Crippen LogP) is 2.46. The zero-order valence-corrected chi connectivity index (χ0v) is 13.0. The average molecular weight is 323 g/mol. The number of aromatic nitrogens is 5. The van der Waals surface area contributed by atoms with Crippen LogP contribution < -0.4 is 9.47 Å². The van der Waals surface area contributed by atoms with Gasteiger partial charge in [0.25, 0.3) is 5.89 Å². The molecular formula is C16H13N5O3. The molecule has 0 saturated carbocycles. The van der Waals surface area contributed by atoms with Gasteiger partial charge in [-0.15, -0.1) is 10.2 Å². The second-order valence-electron chi connectivity index (χ2n) is 5.01. The molecule has 0 unspecified atom stereocenters. The first-order valence-corrected chi connectivity index (χ1v) is 7.14. The fraction of sp³-hybridized carbons (Fsp3) is 0.125. The van der Waals surface area contributed by atoms with Gasteiger partial charge < -0.3 is 14.0 Å². The number of hydrogen-bond donors (Lipinski definition) is 0. The van der Waals surface area contributed by atoms with Crippen molar-refractivity contribution in [1.82, 2.24) is 24.7 Å². The van der Waals surface area contributed by atoms with Gasteiger partial charge in [0.1, 0.15) is 6.33 Å². The van der Waals surface area contributed by atoms with Crippen molar-refractivity contribution in [2.24, 2.45) is 0 Å². The molecule has 1 aromatic carbocycles. The van der Waals surface area contributed by atoms with Crippen LogP contribution in [-0.4, -0.2) is 39.0 Å². The maximum absolute atomic E-state index is 5.37. The first-order chi connectivity index (χ1) is 11.8. The molecule has 8 heteroatoms. The molecule has 0 saturated heterocycles. The van der Waals surface area contributed by atoms with Gasteiger partial charge >= 0.3 is 0 Å². The minimum atomic E-state index is 0.398. The fourth-order valence-electron chi connectivity index (χ4n) is 2.39. The Balaban J connectivity index is 1.71. The van der Waals surface area contributed by atoms with Crippen LogP contribution in [0.2, 0.25) is 0 Å². The van der Waals surface area contributed by atoms with E-state index in [4.69, 9.17) is 14.0 Å². The van der Waals surface area contributed by atoms with Crippen molar-refractivity contribution in [2.45, 2.75) is 0 Å². The molecular weight excluding hydrogens is 310 g/mol. The maximum Gasteiger partial charge on any atom is 0.258 e. The Morgan fingerprint density at radius 1 is 1.00 bits per heavy atom. The van der Waals surface area contributed by atoms with E-state index in [-0.39, 0.29) is 0 Å². The van der Waals surface area contributed by atoms with E-state index >= 15 is 0 Å². The summed E-state index contributed by atoms with van der Waals surface area (Å²) in [6.45, 7) is 0. The Labute approximate surface area is 136 Å². The number of ether oxygens (including phenoxy) is 2. The van der Waals surface area contributed by atoms with E-state index < -0.39 is 0 Å². The highest BCUT2D eigenvalue weighted by molar-refractivity contribution is 5.63. The van der Waals surface area contributed by atoms with E-state index in [9.17, 15) is 0 Å². The van der Waals surface area contributed by atoms with Gasteiger partial charge in [0.05, 0.1) is 14.2 Å². The standard InChI is InChI=1S/C16H13N5O3/c1-22-12-5-3-10(7-13(12)23-2)16-18-15(20-24-16)11-4-6-14-19-17-9-21(14)8-11/h3-9H,1-2H3. The lowest BCUT2D eigenvalue weighted by atomic mass is 10.2. The van der Waals surface area contributed by atoms with Crippen LogP contribution in [0.1, 0.15) is 0 Å². The molecule has 0 aliphatic rings. The highest BCUT2D eigenvalue weighted by atomic mass is 16.5. The molecule has 120 valence electrons. The SMILES string of the molecule is COc1ccc(-c2nc(-c3ccc4nncn4c3)no2)cc1OC. The second-order valence-corrected chi connectivity index (χ2v) is 5.01. The monoisotopic (exact) mass is 323 g/mol. The van der Waals surface area contributed by atoms with Crippen molar-refractivity contribution < 1.29 is 14.0 Å². The Hall–Kier alpha value is -3.42. The van der Waals surface area contributed by atoms with Crippen LogP contribution in [0, 0.1) is 0 Å². The zero-order valence-electron chi connectivity index (χ0n) is 13.0. The van der Waals surface area contributed by atoms with E-state index in [1.807, 2.05) is 24.4 Å². The lowest BCUT2D eigenvalue weighted by molar-refractivity contribution is 0.355. The molecule has 0 amide bonds. The molecule has 0 bridgehead atoms. The molecule has 4 rings (SSSR count). The van der Waals surface area contributed by atoms with Gasteiger partial charge in [0.2, 0.25) is 5.82 Å². The number of hydrogen-bond acceptors (Lipinski definition) is 7. The topological polar surface area (TPSA) is 87.6 Å². The Morgan fingerprint density at radius 3 is 2.67 bits per heavy atom. The highest BCUT2D eigenvalue weighted by Crippen LogP contribution is 2.32. The largest absolute Gasteiger partial charge is 0.493 e. The Morgan fingerprint density at radius 2 is 1.83 bits per heavy atom. The number of nitrogens with zero attached hydrogens (tertiary/aromatic N) is 5. The lowest BCUT2D eigenvalue weighted by Crippen LogP contribution is -1.91. The molecule has 24 heavy (non-hydrogen) atoms. The fourth-order valence-corrected chi connectivity index (χ4v) is 2.39. The summed E-state index contributed by atoms with van der Waals surface area (Å²) in [5, 5.41) is 11.9. The van der Waals surface area contributed by atoms with E-state index in [1.54, 1.807) is 37.1 Å². The summed E-state index contributed by atoms with van der Waals surface area (Å²) in [7, 11) is 3.17. The van der Waals surface area contributed by atoms with Crippen LogP contribution in [0.15, 0.2) is 47.4 Å². The number of pyridine rings is 1. The summed E-state index contributed by atoms with van der Waals surface area (Å²) in [4.78, 5) is 4.44. The number of rotatable bonds is 4. The molecule has 0 radical (unpaired) electrons. The van der Waals surface area contributed by atoms with Crippen molar-refractivity contribution in [3.05, 3.63) is 42.9 Å². The van der Waals surface area contributed by atoms with Crippen LogP contribution >= 0.6 is 0 Å².